The summed E-state index contributed by atoms with van der Waals surface area (Å²) in [6.45, 7) is 3.18. The third-order valence-corrected chi connectivity index (χ3v) is 4.02. The van der Waals surface area contributed by atoms with Crippen LogP contribution in [0.4, 0.5) is 0 Å². The van der Waals surface area contributed by atoms with E-state index in [1.165, 1.54) is 0 Å². The summed E-state index contributed by atoms with van der Waals surface area (Å²) in [5.74, 6) is -0.0379. The maximum atomic E-state index is 12.8. The summed E-state index contributed by atoms with van der Waals surface area (Å²) in [6, 6.07) is 7.98. The van der Waals surface area contributed by atoms with Crippen molar-refractivity contribution in [3.05, 3.63) is 64.8 Å². The Morgan fingerprint density at radius 3 is 2.77 bits per heavy atom. The van der Waals surface area contributed by atoms with Gasteiger partial charge < -0.3 is 4.90 Å². The van der Waals surface area contributed by atoms with Gasteiger partial charge in [-0.15, -0.1) is 0 Å². The molecule has 0 saturated carbocycles. The smallest absolute Gasteiger partial charge is 0.272 e. The highest BCUT2D eigenvalue weighted by atomic mass is 79.9. The molecule has 2 heterocycles. The summed E-state index contributed by atoms with van der Waals surface area (Å²) in [5.41, 5.74) is 2.32. The standard InChI is InChI=1S/C16H15BrN4O/c1-2-20(11-12-3-5-13(17)6-4-12)16(22)14-9-19-15-10-18-7-8-21(14)15/h3-10H,2,11H2,1H3. The molecule has 0 unspecified atom stereocenters. The van der Waals surface area contributed by atoms with Gasteiger partial charge in [0.1, 0.15) is 5.69 Å². The fourth-order valence-corrected chi connectivity index (χ4v) is 2.56. The zero-order chi connectivity index (χ0) is 15.5. The molecule has 1 aromatic carbocycles. The van der Waals surface area contributed by atoms with Gasteiger partial charge in [-0.3, -0.25) is 14.2 Å². The Balaban J connectivity index is 1.86. The van der Waals surface area contributed by atoms with Gasteiger partial charge in [-0.25, -0.2) is 4.98 Å². The molecule has 0 aliphatic heterocycles. The maximum absolute atomic E-state index is 12.8. The van der Waals surface area contributed by atoms with Crippen LogP contribution in [0.1, 0.15) is 23.0 Å². The van der Waals surface area contributed by atoms with Crippen molar-refractivity contribution in [2.45, 2.75) is 13.5 Å². The van der Waals surface area contributed by atoms with Crippen molar-refractivity contribution in [1.82, 2.24) is 19.3 Å². The van der Waals surface area contributed by atoms with Crippen molar-refractivity contribution in [3.63, 3.8) is 0 Å². The third-order valence-electron chi connectivity index (χ3n) is 3.49. The number of hydrogen-bond donors (Lipinski definition) is 0. The molecule has 0 fully saturated rings. The highest BCUT2D eigenvalue weighted by Crippen LogP contribution is 2.14. The van der Waals surface area contributed by atoms with E-state index < -0.39 is 0 Å². The first-order valence-electron chi connectivity index (χ1n) is 7.00. The van der Waals surface area contributed by atoms with Crippen LogP contribution in [0, 0.1) is 0 Å². The fraction of sp³-hybridized carbons (Fsp3) is 0.188. The van der Waals surface area contributed by atoms with Crippen molar-refractivity contribution in [1.29, 1.82) is 0 Å². The highest BCUT2D eigenvalue weighted by molar-refractivity contribution is 9.10. The van der Waals surface area contributed by atoms with Gasteiger partial charge in [0.25, 0.3) is 5.91 Å². The van der Waals surface area contributed by atoms with Gasteiger partial charge in [0.15, 0.2) is 5.65 Å². The monoisotopic (exact) mass is 358 g/mol. The Bertz CT molecular complexity index is 797. The van der Waals surface area contributed by atoms with Gasteiger partial charge in [0.05, 0.1) is 12.4 Å². The molecule has 0 spiro atoms. The van der Waals surface area contributed by atoms with Crippen LogP contribution in [0.3, 0.4) is 0 Å². The molecule has 0 aliphatic carbocycles. The van der Waals surface area contributed by atoms with Crippen molar-refractivity contribution in [2.75, 3.05) is 6.54 Å². The predicted octanol–water partition coefficient (Wildman–Crippen LogP) is 3.15. The van der Waals surface area contributed by atoms with Crippen LogP contribution in [-0.4, -0.2) is 31.7 Å². The van der Waals surface area contributed by atoms with Crippen molar-refractivity contribution in [2.24, 2.45) is 0 Å². The van der Waals surface area contributed by atoms with Crippen LogP contribution in [0.5, 0.6) is 0 Å². The summed E-state index contributed by atoms with van der Waals surface area (Å²) in [6.07, 6.45) is 6.64. The van der Waals surface area contributed by atoms with Gasteiger partial charge in [-0.1, -0.05) is 28.1 Å². The van der Waals surface area contributed by atoms with Crippen LogP contribution in [0.15, 0.2) is 53.5 Å². The number of hydrogen-bond acceptors (Lipinski definition) is 3. The Hall–Kier alpha value is -2.21. The first kappa shape index (κ1) is 14.7. The Kier molecular flexibility index (Phi) is 4.20. The topological polar surface area (TPSA) is 50.5 Å². The van der Waals surface area contributed by atoms with Crippen molar-refractivity contribution < 1.29 is 4.79 Å². The predicted molar refractivity (Wildman–Crippen MR) is 87.5 cm³/mol. The summed E-state index contributed by atoms with van der Waals surface area (Å²) < 4.78 is 2.79. The van der Waals surface area contributed by atoms with Crippen molar-refractivity contribution in [3.8, 4) is 0 Å². The van der Waals surface area contributed by atoms with Crippen LogP contribution >= 0.6 is 15.9 Å². The highest BCUT2D eigenvalue weighted by Gasteiger charge is 2.18. The van der Waals surface area contributed by atoms with Crippen LogP contribution in [0.2, 0.25) is 0 Å². The number of rotatable bonds is 4. The Morgan fingerprint density at radius 2 is 2.05 bits per heavy atom. The quantitative estimate of drug-likeness (QED) is 0.719. The molecule has 3 aromatic rings. The molecule has 0 radical (unpaired) electrons. The number of carbonyl (C=O) groups excluding carboxylic acids is 1. The summed E-state index contributed by atoms with van der Waals surface area (Å²) in [4.78, 5) is 22.8. The lowest BCUT2D eigenvalue weighted by molar-refractivity contribution is 0.0745. The number of amides is 1. The fourth-order valence-electron chi connectivity index (χ4n) is 2.30. The van der Waals surface area contributed by atoms with Crippen LogP contribution in [-0.2, 0) is 6.54 Å². The SMILES string of the molecule is CCN(Cc1ccc(Br)cc1)C(=O)c1cnc2cnccn12. The minimum Gasteiger partial charge on any atom is -0.333 e. The second kappa shape index (κ2) is 6.27. The van der Waals surface area contributed by atoms with Crippen LogP contribution in [0.25, 0.3) is 5.65 Å². The molecule has 5 nitrogen and oxygen atoms in total. The molecule has 0 aliphatic rings. The van der Waals surface area contributed by atoms with Gasteiger partial charge >= 0.3 is 0 Å². The molecule has 0 saturated heterocycles. The van der Waals surface area contributed by atoms with E-state index in [1.807, 2.05) is 31.2 Å². The lowest BCUT2D eigenvalue weighted by Crippen LogP contribution is -2.31. The number of carbonyl (C=O) groups is 1. The molecule has 0 N–H and O–H groups in total. The number of aromatic nitrogens is 3. The number of imidazole rings is 1. The zero-order valence-corrected chi connectivity index (χ0v) is 13.7. The molecule has 22 heavy (non-hydrogen) atoms. The Labute approximate surface area is 136 Å². The van der Waals surface area contributed by atoms with E-state index >= 15 is 0 Å². The number of benzene rings is 1. The van der Waals surface area contributed by atoms with E-state index in [0.29, 0.717) is 24.4 Å². The normalized spacial score (nSPS) is 10.8. The first-order chi connectivity index (χ1) is 10.7. The number of fused-ring (bicyclic) bond motifs is 1. The summed E-state index contributed by atoms with van der Waals surface area (Å²) in [7, 11) is 0. The minimum atomic E-state index is -0.0379. The largest absolute Gasteiger partial charge is 0.333 e. The maximum Gasteiger partial charge on any atom is 0.272 e. The van der Waals surface area contributed by atoms with Gasteiger partial charge in [-0.2, -0.15) is 0 Å². The molecule has 112 valence electrons. The molecular formula is C16H15BrN4O. The van der Waals surface area contributed by atoms with E-state index in [1.54, 1.807) is 34.1 Å². The third kappa shape index (κ3) is 2.87. The van der Waals surface area contributed by atoms with Gasteiger partial charge in [0, 0.05) is 30.0 Å². The van der Waals surface area contributed by atoms with Crippen molar-refractivity contribution >= 4 is 27.5 Å². The molecule has 0 bridgehead atoms. The summed E-state index contributed by atoms with van der Waals surface area (Å²) in [5, 5.41) is 0. The lowest BCUT2D eigenvalue weighted by Gasteiger charge is -2.20. The molecule has 2 aromatic heterocycles. The number of nitrogens with zero attached hydrogens (tertiary/aromatic N) is 4. The molecule has 1 amide bonds. The van der Waals surface area contributed by atoms with Crippen LogP contribution < -0.4 is 0 Å². The average Bonchev–Trinajstić information content (AvgIpc) is 2.98. The minimum absolute atomic E-state index is 0.0379. The first-order valence-corrected chi connectivity index (χ1v) is 7.79. The molecule has 3 rings (SSSR count). The molecule has 0 atom stereocenters. The van der Waals surface area contributed by atoms with E-state index in [-0.39, 0.29) is 5.91 Å². The van der Waals surface area contributed by atoms with Gasteiger partial charge in [0.2, 0.25) is 0 Å². The van der Waals surface area contributed by atoms with Gasteiger partial charge in [-0.05, 0) is 24.6 Å². The molecule has 6 heteroatoms. The van der Waals surface area contributed by atoms with E-state index in [2.05, 4.69) is 25.9 Å². The molecular weight excluding hydrogens is 344 g/mol. The summed E-state index contributed by atoms with van der Waals surface area (Å²) >= 11 is 3.42. The zero-order valence-electron chi connectivity index (χ0n) is 12.1. The second-order valence-corrected chi connectivity index (χ2v) is 5.81. The van der Waals surface area contributed by atoms with E-state index in [4.69, 9.17) is 0 Å². The lowest BCUT2D eigenvalue weighted by atomic mass is 10.2. The second-order valence-electron chi connectivity index (χ2n) is 4.89. The van der Waals surface area contributed by atoms with E-state index in [9.17, 15) is 4.79 Å². The van der Waals surface area contributed by atoms with E-state index in [0.717, 1.165) is 10.0 Å². The average molecular weight is 359 g/mol. The number of halogens is 1. The Morgan fingerprint density at radius 1 is 1.27 bits per heavy atom.